The van der Waals surface area contributed by atoms with E-state index in [1.807, 2.05) is 12.1 Å². The van der Waals surface area contributed by atoms with Crippen molar-refractivity contribution in [1.29, 1.82) is 0 Å². The number of sulfonamides is 1. The van der Waals surface area contributed by atoms with Crippen LogP contribution in [0.5, 0.6) is 0 Å². The molecule has 4 rings (SSSR count). The van der Waals surface area contributed by atoms with Crippen molar-refractivity contribution in [2.45, 2.75) is 24.2 Å². The molecule has 2 aromatic carbocycles. The smallest absolute Gasteiger partial charge is 0.261 e. The molecule has 1 aliphatic heterocycles. The van der Waals surface area contributed by atoms with Crippen LogP contribution in [0.25, 0.3) is 10.9 Å². The Bertz CT molecular complexity index is 1090. The number of nitrogens with zero attached hydrogens (tertiary/aromatic N) is 2. The van der Waals surface area contributed by atoms with Crippen molar-refractivity contribution in [3.05, 3.63) is 60.8 Å². The van der Waals surface area contributed by atoms with Gasteiger partial charge in [0.05, 0.1) is 16.1 Å². The Labute approximate surface area is 157 Å². The quantitative estimate of drug-likeness (QED) is 0.749. The highest BCUT2D eigenvalue weighted by Crippen LogP contribution is 2.26. The maximum atomic E-state index is 12.8. The minimum atomic E-state index is -3.76. The van der Waals surface area contributed by atoms with Gasteiger partial charge < -0.3 is 4.90 Å². The summed E-state index contributed by atoms with van der Waals surface area (Å²) in [5.41, 5.74) is 1.76. The molecular weight excluding hydrogens is 362 g/mol. The van der Waals surface area contributed by atoms with Crippen molar-refractivity contribution in [1.82, 2.24) is 4.98 Å². The topological polar surface area (TPSA) is 79.4 Å². The summed E-state index contributed by atoms with van der Waals surface area (Å²) < 4.78 is 28.2. The Morgan fingerprint density at radius 2 is 1.74 bits per heavy atom. The van der Waals surface area contributed by atoms with Gasteiger partial charge in [0.2, 0.25) is 5.91 Å². The fraction of sp³-hybridized carbons (Fsp3) is 0.200. The second-order valence-electron chi connectivity index (χ2n) is 6.48. The summed E-state index contributed by atoms with van der Waals surface area (Å²) in [5.74, 6) is 0.0804. The number of carbonyl (C=O) groups is 1. The number of hydrogen-bond acceptors (Lipinski definition) is 4. The zero-order chi connectivity index (χ0) is 18.9. The number of fused-ring (bicyclic) bond motifs is 1. The standard InChI is InChI=1S/C20H19N3O3S/c24-19-8-1-2-14-23(19)16-9-11-17(12-10-16)27(25,26)22-18-7-3-5-15-6-4-13-21-20(15)18/h3-7,9-13,22H,1-2,8,14H2. The van der Waals surface area contributed by atoms with E-state index in [1.54, 1.807) is 41.4 Å². The van der Waals surface area contributed by atoms with E-state index in [-0.39, 0.29) is 10.8 Å². The lowest BCUT2D eigenvalue weighted by molar-refractivity contribution is -0.119. The van der Waals surface area contributed by atoms with Crippen LogP contribution in [-0.2, 0) is 14.8 Å². The first kappa shape index (κ1) is 17.5. The number of amides is 1. The number of hydrogen-bond donors (Lipinski definition) is 1. The minimum absolute atomic E-state index is 0.0804. The third kappa shape index (κ3) is 3.50. The molecular formula is C20H19N3O3S. The number of carbonyl (C=O) groups excluding carboxylic acids is 1. The summed E-state index contributed by atoms with van der Waals surface area (Å²) >= 11 is 0. The molecule has 1 aliphatic rings. The molecule has 0 bridgehead atoms. The van der Waals surface area contributed by atoms with Crippen LogP contribution in [0, 0.1) is 0 Å². The van der Waals surface area contributed by atoms with Crippen molar-refractivity contribution in [3.8, 4) is 0 Å². The van der Waals surface area contributed by atoms with Gasteiger partial charge in [0.25, 0.3) is 10.0 Å². The summed E-state index contributed by atoms with van der Waals surface area (Å²) in [5, 5.41) is 0.858. The van der Waals surface area contributed by atoms with Crippen LogP contribution in [0.15, 0.2) is 65.7 Å². The van der Waals surface area contributed by atoms with Crippen LogP contribution in [0.1, 0.15) is 19.3 Å². The lowest BCUT2D eigenvalue weighted by Gasteiger charge is -2.26. The molecule has 0 atom stereocenters. The minimum Gasteiger partial charge on any atom is -0.312 e. The number of aromatic nitrogens is 1. The van der Waals surface area contributed by atoms with Crippen molar-refractivity contribution in [2.24, 2.45) is 0 Å². The molecule has 0 aliphatic carbocycles. The van der Waals surface area contributed by atoms with Gasteiger partial charge in [0, 0.05) is 30.2 Å². The first-order valence-corrected chi connectivity index (χ1v) is 10.3. The van der Waals surface area contributed by atoms with Gasteiger partial charge >= 0.3 is 0 Å². The van der Waals surface area contributed by atoms with E-state index in [0.717, 1.165) is 23.9 Å². The molecule has 0 unspecified atom stereocenters. The molecule has 1 saturated heterocycles. The molecule has 27 heavy (non-hydrogen) atoms. The second kappa shape index (κ2) is 7.00. The number of piperidine rings is 1. The maximum Gasteiger partial charge on any atom is 0.261 e. The van der Waals surface area contributed by atoms with E-state index in [4.69, 9.17) is 0 Å². The SMILES string of the molecule is O=C1CCCCN1c1ccc(S(=O)(=O)Nc2cccc3cccnc23)cc1. The number of anilines is 2. The molecule has 6 nitrogen and oxygen atoms in total. The second-order valence-corrected chi connectivity index (χ2v) is 8.16. The lowest BCUT2D eigenvalue weighted by Crippen LogP contribution is -2.35. The normalized spacial score (nSPS) is 15.1. The molecule has 1 aromatic heterocycles. The first-order valence-electron chi connectivity index (χ1n) is 8.82. The number of nitrogens with one attached hydrogen (secondary N) is 1. The molecule has 0 saturated carbocycles. The van der Waals surface area contributed by atoms with E-state index in [2.05, 4.69) is 9.71 Å². The van der Waals surface area contributed by atoms with Crippen molar-refractivity contribution < 1.29 is 13.2 Å². The average Bonchev–Trinajstić information content (AvgIpc) is 2.69. The van der Waals surface area contributed by atoms with E-state index < -0.39 is 10.0 Å². The summed E-state index contributed by atoms with van der Waals surface area (Å²) in [7, 11) is -3.76. The van der Waals surface area contributed by atoms with Crippen LogP contribution < -0.4 is 9.62 Å². The largest absolute Gasteiger partial charge is 0.312 e. The van der Waals surface area contributed by atoms with Crippen molar-refractivity contribution >= 4 is 38.2 Å². The summed E-state index contributed by atoms with van der Waals surface area (Å²) in [6, 6.07) is 15.4. The third-order valence-electron chi connectivity index (χ3n) is 4.66. The molecule has 1 N–H and O–H groups in total. The number of pyridine rings is 1. The van der Waals surface area contributed by atoms with Gasteiger partial charge in [0.1, 0.15) is 0 Å². The number of rotatable bonds is 4. The molecule has 3 aromatic rings. The molecule has 0 spiro atoms. The number of para-hydroxylation sites is 1. The van der Waals surface area contributed by atoms with E-state index in [1.165, 1.54) is 12.1 Å². The van der Waals surface area contributed by atoms with Crippen LogP contribution in [-0.4, -0.2) is 25.9 Å². The Morgan fingerprint density at radius 3 is 2.52 bits per heavy atom. The predicted molar refractivity (Wildman–Crippen MR) is 105 cm³/mol. The Kier molecular flexibility index (Phi) is 4.53. The summed E-state index contributed by atoms with van der Waals surface area (Å²) in [6.07, 6.45) is 4.03. The molecule has 138 valence electrons. The first-order chi connectivity index (χ1) is 13.0. The van der Waals surface area contributed by atoms with Crippen LogP contribution in [0.4, 0.5) is 11.4 Å². The Morgan fingerprint density at radius 1 is 0.963 bits per heavy atom. The fourth-order valence-corrected chi connectivity index (χ4v) is 4.34. The summed E-state index contributed by atoms with van der Waals surface area (Å²) in [6.45, 7) is 0.671. The highest BCUT2D eigenvalue weighted by molar-refractivity contribution is 7.92. The van der Waals surface area contributed by atoms with Gasteiger partial charge in [-0.1, -0.05) is 18.2 Å². The van der Waals surface area contributed by atoms with Gasteiger partial charge in [-0.2, -0.15) is 0 Å². The molecule has 2 heterocycles. The van der Waals surface area contributed by atoms with Crippen LogP contribution >= 0.6 is 0 Å². The highest BCUT2D eigenvalue weighted by Gasteiger charge is 2.21. The molecule has 1 fully saturated rings. The summed E-state index contributed by atoms with van der Waals surface area (Å²) in [4.78, 5) is 18.2. The Hall–Kier alpha value is -2.93. The van der Waals surface area contributed by atoms with Gasteiger partial charge in [-0.15, -0.1) is 0 Å². The maximum absolute atomic E-state index is 12.8. The molecule has 1 amide bonds. The average molecular weight is 381 g/mol. The fourth-order valence-electron chi connectivity index (χ4n) is 3.27. The zero-order valence-corrected chi connectivity index (χ0v) is 15.4. The van der Waals surface area contributed by atoms with Crippen molar-refractivity contribution in [2.75, 3.05) is 16.2 Å². The highest BCUT2D eigenvalue weighted by atomic mass is 32.2. The predicted octanol–water partition coefficient (Wildman–Crippen LogP) is 3.55. The van der Waals surface area contributed by atoms with Crippen LogP contribution in [0.2, 0.25) is 0 Å². The van der Waals surface area contributed by atoms with E-state index >= 15 is 0 Å². The van der Waals surface area contributed by atoms with E-state index in [0.29, 0.717) is 24.2 Å². The number of benzene rings is 2. The van der Waals surface area contributed by atoms with Gasteiger partial charge in [0.15, 0.2) is 0 Å². The lowest BCUT2D eigenvalue weighted by atomic mass is 10.1. The third-order valence-corrected chi connectivity index (χ3v) is 6.04. The Balaban J connectivity index is 1.61. The van der Waals surface area contributed by atoms with Crippen LogP contribution in [0.3, 0.4) is 0 Å². The van der Waals surface area contributed by atoms with Gasteiger partial charge in [-0.05, 0) is 49.2 Å². The monoisotopic (exact) mass is 381 g/mol. The zero-order valence-electron chi connectivity index (χ0n) is 14.6. The molecule has 7 heteroatoms. The van der Waals surface area contributed by atoms with Crippen molar-refractivity contribution in [3.63, 3.8) is 0 Å². The molecule has 0 radical (unpaired) electrons. The van der Waals surface area contributed by atoms with E-state index in [9.17, 15) is 13.2 Å². The van der Waals surface area contributed by atoms with Gasteiger partial charge in [-0.25, -0.2) is 8.42 Å². The van der Waals surface area contributed by atoms with Gasteiger partial charge in [-0.3, -0.25) is 14.5 Å².